The van der Waals surface area contributed by atoms with Crippen molar-refractivity contribution in [1.29, 1.82) is 0 Å². The van der Waals surface area contributed by atoms with Crippen LogP contribution in [0.3, 0.4) is 0 Å². The summed E-state index contributed by atoms with van der Waals surface area (Å²) in [4.78, 5) is 13.4. The summed E-state index contributed by atoms with van der Waals surface area (Å²) < 4.78 is 29.5. The van der Waals surface area contributed by atoms with Crippen molar-refractivity contribution in [2.75, 3.05) is 29.3 Å². The smallest absolute Gasteiger partial charge is 0.324 e. The van der Waals surface area contributed by atoms with Gasteiger partial charge in [0.2, 0.25) is 0 Å². The Labute approximate surface area is 224 Å². The summed E-state index contributed by atoms with van der Waals surface area (Å²) in [6, 6.07) is 14.3. The highest BCUT2D eigenvalue weighted by Gasteiger charge is 2.28. The average Bonchev–Trinajstić information content (AvgIpc) is 3.28. The number of anilines is 2. The van der Waals surface area contributed by atoms with Gasteiger partial charge in [-0.25, -0.2) is 8.42 Å². The Morgan fingerprint density at radius 1 is 1.03 bits per heavy atom. The van der Waals surface area contributed by atoms with Crippen LogP contribution in [-0.4, -0.2) is 54.4 Å². The topological polar surface area (TPSA) is 109 Å². The highest BCUT2D eigenvalue weighted by molar-refractivity contribution is 7.92. The third kappa shape index (κ3) is 5.82. The first-order valence-electron chi connectivity index (χ1n) is 11.5. The highest BCUT2D eigenvalue weighted by atomic mass is 35.5. The summed E-state index contributed by atoms with van der Waals surface area (Å²) in [7, 11) is -2.31. The Morgan fingerprint density at radius 2 is 1.76 bits per heavy atom. The zero-order chi connectivity index (χ0) is 26.7. The fourth-order valence-electron chi connectivity index (χ4n) is 3.89. The van der Waals surface area contributed by atoms with E-state index < -0.39 is 22.5 Å². The van der Waals surface area contributed by atoms with Crippen molar-refractivity contribution in [3.05, 3.63) is 70.8 Å². The summed E-state index contributed by atoms with van der Waals surface area (Å²) >= 11 is 12.0. The van der Waals surface area contributed by atoms with E-state index in [-0.39, 0.29) is 20.6 Å². The molecule has 4 rings (SSSR count). The fraction of sp³-hybridized carbons (Fsp3) is 0.240. The fourth-order valence-corrected chi connectivity index (χ4v) is 6.02. The minimum Gasteiger partial charge on any atom is -0.480 e. The zero-order valence-electron chi connectivity index (χ0n) is 20.2. The van der Waals surface area contributed by atoms with Crippen LogP contribution >= 0.6 is 23.2 Å². The Kier molecular flexibility index (Phi) is 7.91. The maximum Gasteiger partial charge on any atom is 0.324 e. The minimum atomic E-state index is -4.28. The normalized spacial score (nSPS) is 11.6. The molecule has 12 heteroatoms. The standard InChI is InChI=1S/C25H25Cl2N5O4S/c1-3-4-10-30(2)23-7-8-24(29-28-23)31-11-9-17-12-20(5-6-22(17)31)32(16-25(33)34)37(35,36)21-14-18(26)13-19(27)15-21/h5-9,11-15H,3-4,10,16H2,1-2H3,(H,33,34). The van der Waals surface area contributed by atoms with E-state index in [2.05, 4.69) is 17.1 Å². The van der Waals surface area contributed by atoms with Crippen molar-refractivity contribution in [3.8, 4) is 5.82 Å². The first kappa shape index (κ1) is 26.7. The van der Waals surface area contributed by atoms with Crippen LogP contribution in [0.2, 0.25) is 10.0 Å². The summed E-state index contributed by atoms with van der Waals surface area (Å²) in [6.07, 6.45) is 3.94. The summed E-state index contributed by atoms with van der Waals surface area (Å²) in [5.41, 5.74) is 0.936. The third-order valence-corrected chi connectivity index (χ3v) is 7.97. The molecule has 0 spiro atoms. The van der Waals surface area contributed by atoms with Crippen LogP contribution in [0.15, 0.2) is 65.7 Å². The lowest BCUT2D eigenvalue weighted by atomic mass is 10.2. The third-order valence-electron chi connectivity index (χ3n) is 5.79. The quantitative estimate of drug-likeness (QED) is 0.282. The number of hydrogen-bond donors (Lipinski definition) is 1. The average molecular weight is 562 g/mol. The summed E-state index contributed by atoms with van der Waals surface area (Å²) in [5, 5.41) is 19.1. The highest BCUT2D eigenvalue weighted by Crippen LogP contribution is 2.31. The number of carboxylic acids is 1. The van der Waals surface area contributed by atoms with Crippen LogP contribution in [-0.2, 0) is 14.8 Å². The van der Waals surface area contributed by atoms with E-state index in [9.17, 15) is 18.3 Å². The number of sulfonamides is 1. The molecular formula is C25H25Cl2N5O4S. The molecule has 0 atom stereocenters. The number of aromatic nitrogens is 3. The molecule has 0 bridgehead atoms. The minimum absolute atomic E-state index is 0.123. The monoisotopic (exact) mass is 561 g/mol. The van der Waals surface area contributed by atoms with E-state index in [1.54, 1.807) is 30.5 Å². The number of rotatable bonds is 10. The van der Waals surface area contributed by atoms with Gasteiger partial charge in [0.1, 0.15) is 6.54 Å². The summed E-state index contributed by atoms with van der Waals surface area (Å²) in [6.45, 7) is 2.24. The van der Waals surface area contributed by atoms with E-state index in [0.29, 0.717) is 11.2 Å². The van der Waals surface area contributed by atoms with Crippen LogP contribution in [0.5, 0.6) is 0 Å². The van der Waals surface area contributed by atoms with E-state index in [1.165, 1.54) is 18.2 Å². The van der Waals surface area contributed by atoms with Crippen LogP contribution in [0.25, 0.3) is 16.7 Å². The van der Waals surface area contributed by atoms with Crippen molar-refractivity contribution in [1.82, 2.24) is 14.8 Å². The van der Waals surface area contributed by atoms with E-state index in [1.807, 2.05) is 28.6 Å². The van der Waals surface area contributed by atoms with E-state index >= 15 is 0 Å². The van der Waals surface area contributed by atoms with Crippen molar-refractivity contribution < 1.29 is 18.3 Å². The lowest BCUT2D eigenvalue weighted by molar-refractivity contribution is -0.135. The molecule has 0 saturated carbocycles. The van der Waals surface area contributed by atoms with Gasteiger partial charge in [0, 0.05) is 35.2 Å². The molecule has 0 aliphatic rings. The second kappa shape index (κ2) is 11.0. The molecule has 0 fully saturated rings. The number of fused-ring (bicyclic) bond motifs is 1. The molecule has 0 unspecified atom stereocenters. The first-order valence-corrected chi connectivity index (χ1v) is 13.7. The van der Waals surface area contributed by atoms with Crippen molar-refractivity contribution in [2.45, 2.75) is 24.7 Å². The number of unbranched alkanes of at least 4 members (excludes halogenated alkanes) is 1. The van der Waals surface area contributed by atoms with Gasteiger partial charge in [-0.15, -0.1) is 10.2 Å². The van der Waals surface area contributed by atoms with Crippen molar-refractivity contribution in [2.24, 2.45) is 0 Å². The molecule has 2 aromatic carbocycles. The number of carboxylic acid groups (broad SMARTS) is 1. The molecule has 194 valence electrons. The Morgan fingerprint density at radius 3 is 2.38 bits per heavy atom. The van der Waals surface area contributed by atoms with Gasteiger partial charge in [0.15, 0.2) is 11.6 Å². The molecule has 0 aliphatic heterocycles. The summed E-state index contributed by atoms with van der Waals surface area (Å²) in [5.74, 6) is 0.0548. The van der Waals surface area contributed by atoms with Gasteiger partial charge in [0.05, 0.1) is 16.1 Å². The maximum atomic E-state index is 13.4. The number of benzene rings is 2. The predicted molar refractivity (Wildman–Crippen MR) is 146 cm³/mol. The van der Waals surface area contributed by atoms with E-state index in [4.69, 9.17) is 23.2 Å². The molecule has 37 heavy (non-hydrogen) atoms. The maximum absolute atomic E-state index is 13.4. The van der Waals surface area contributed by atoms with Gasteiger partial charge < -0.3 is 10.0 Å². The van der Waals surface area contributed by atoms with Gasteiger partial charge in [-0.2, -0.15) is 0 Å². The molecule has 4 aromatic rings. The lowest BCUT2D eigenvalue weighted by Gasteiger charge is -2.23. The molecule has 1 N–H and O–H groups in total. The van der Waals surface area contributed by atoms with Gasteiger partial charge in [-0.1, -0.05) is 36.5 Å². The predicted octanol–water partition coefficient (Wildman–Crippen LogP) is 5.24. The van der Waals surface area contributed by atoms with Crippen LogP contribution in [0, 0.1) is 0 Å². The van der Waals surface area contributed by atoms with Crippen LogP contribution in [0.4, 0.5) is 11.5 Å². The van der Waals surface area contributed by atoms with Gasteiger partial charge >= 0.3 is 5.97 Å². The Balaban J connectivity index is 1.69. The number of hydrogen-bond acceptors (Lipinski definition) is 6. The molecule has 0 amide bonds. The van der Waals surface area contributed by atoms with Crippen LogP contribution < -0.4 is 9.21 Å². The van der Waals surface area contributed by atoms with E-state index in [0.717, 1.165) is 35.0 Å². The number of nitrogens with zero attached hydrogens (tertiary/aromatic N) is 5. The molecule has 0 aliphatic carbocycles. The molecule has 0 saturated heterocycles. The number of aliphatic carboxylic acids is 1. The molecule has 0 radical (unpaired) electrons. The number of carbonyl (C=O) groups is 1. The molecular weight excluding hydrogens is 537 g/mol. The lowest BCUT2D eigenvalue weighted by Crippen LogP contribution is -2.35. The molecule has 9 nitrogen and oxygen atoms in total. The molecule has 2 heterocycles. The number of halogens is 2. The molecule has 2 aromatic heterocycles. The first-order chi connectivity index (χ1) is 17.6. The van der Waals surface area contributed by atoms with Crippen LogP contribution in [0.1, 0.15) is 19.8 Å². The van der Waals surface area contributed by atoms with Crippen molar-refractivity contribution in [3.63, 3.8) is 0 Å². The largest absolute Gasteiger partial charge is 0.480 e. The zero-order valence-corrected chi connectivity index (χ0v) is 22.5. The second-order valence-corrected chi connectivity index (χ2v) is 11.2. The SMILES string of the molecule is CCCCN(C)c1ccc(-n2ccc3cc(N(CC(=O)O)S(=O)(=O)c4cc(Cl)cc(Cl)c4)ccc32)nn1. The van der Waals surface area contributed by atoms with Crippen molar-refractivity contribution >= 4 is 61.6 Å². The van der Waals surface area contributed by atoms with Gasteiger partial charge in [-0.05, 0) is 61.0 Å². The Hall–Kier alpha value is -3.34. The Bertz CT molecular complexity index is 1520. The van der Waals surface area contributed by atoms with Gasteiger partial charge in [0.25, 0.3) is 10.0 Å². The second-order valence-electron chi connectivity index (χ2n) is 8.46. The van der Waals surface area contributed by atoms with Gasteiger partial charge in [-0.3, -0.25) is 13.7 Å².